The number of nitrogens with one attached hydrogen (secondary N) is 2. The Morgan fingerprint density at radius 3 is 3.00 bits per heavy atom. The van der Waals surface area contributed by atoms with Crippen molar-refractivity contribution < 1.29 is 9.53 Å². The van der Waals surface area contributed by atoms with Gasteiger partial charge < -0.3 is 15.4 Å². The molecular formula is C16H20N4O2S2. The molecule has 0 aliphatic carbocycles. The number of thioether (sulfide) groups is 1. The normalized spacial score (nSPS) is 15.3. The summed E-state index contributed by atoms with van der Waals surface area (Å²) in [4.78, 5) is 12.2. The zero-order valence-electron chi connectivity index (χ0n) is 13.9. The number of amides is 2. The van der Waals surface area contributed by atoms with Gasteiger partial charge >= 0.3 is 6.03 Å². The van der Waals surface area contributed by atoms with Gasteiger partial charge in [-0.2, -0.15) is 0 Å². The average molecular weight is 364 g/mol. The van der Waals surface area contributed by atoms with Crippen LogP contribution in [0.25, 0.3) is 0 Å². The van der Waals surface area contributed by atoms with Gasteiger partial charge in [-0.25, -0.2) is 4.79 Å². The molecular weight excluding hydrogens is 344 g/mol. The topological polar surface area (TPSA) is 76.1 Å². The van der Waals surface area contributed by atoms with E-state index in [2.05, 4.69) is 34.7 Å². The molecule has 0 fully saturated rings. The number of hydrogen-bond donors (Lipinski definition) is 2. The maximum absolute atomic E-state index is 12.2. The van der Waals surface area contributed by atoms with Gasteiger partial charge in [-0.1, -0.05) is 35.2 Å². The number of rotatable bonds is 4. The van der Waals surface area contributed by atoms with E-state index in [0.717, 1.165) is 33.5 Å². The number of benzene rings is 1. The van der Waals surface area contributed by atoms with Crippen molar-refractivity contribution in [3.8, 4) is 5.75 Å². The van der Waals surface area contributed by atoms with Crippen LogP contribution < -0.4 is 15.4 Å². The highest BCUT2D eigenvalue weighted by Crippen LogP contribution is 2.38. The number of urea groups is 1. The number of hydrogen-bond acceptors (Lipinski definition) is 6. The van der Waals surface area contributed by atoms with Gasteiger partial charge in [0.1, 0.15) is 16.4 Å². The van der Waals surface area contributed by atoms with Gasteiger partial charge in [0.05, 0.1) is 12.2 Å². The number of carbonyl (C=O) groups is 1. The molecule has 1 aliphatic rings. The molecule has 2 heterocycles. The zero-order valence-corrected chi connectivity index (χ0v) is 15.5. The number of aromatic nitrogens is 2. The summed E-state index contributed by atoms with van der Waals surface area (Å²) in [5.74, 6) is 0.768. The van der Waals surface area contributed by atoms with Crippen LogP contribution in [0.2, 0.25) is 0 Å². The first-order valence-electron chi connectivity index (χ1n) is 7.69. The van der Waals surface area contributed by atoms with Gasteiger partial charge in [-0.05, 0) is 44.6 Å². The molecule has 0 unspecified atom stereocenters. The Balaban J connectivity index is 1.64. The minimum atomic E-state index is -0.281. The molecule has 2 amide bonds. The first-order valence-corrected chi connectivity index (χ1v) is 9.73. The number of anilines is 1. The first-order chi connectivity index (χ1) is 11.5. The van der Waals surface area contributed by atoms with Gasteiger partial charge in [-0.15, -0.1) is 10.2 Å². The third-order valence-corrected chi connectivity index (χ3v) is 5.64. The molecule has 1 aromatic heterocycles. The van der Waals surface area contributed by atoms with Crippen molar-refractivity contribution in [1.82, 2.24) is 15.5 Å². The molecule has 0 radical (unpaired) electrons. The predicted octanol–water partition coefficient (Wildman–Crippen LogP) is 3.69. The fourth-order valence-corrected chi connectivity index (χ4v) is 3.73. The van der Waals surface area contributed by atoms with Gasteiger partial charge in [0.25, 0.3) is 0 Å². The highest BCUT2D eigenvalue weighted by Gasteiger charge is 2.28. The van der Waals surface area contributed by atoms with Gasteiger partial charge in [-0.3, -0.25) is 0 Å². The first kappa shape index (κ1) is 17.0. The molecule has 1 aromatic carbocycles. The summed E-state index contributed by atoms with van der Waals surface area (Å²) >= 11 is 3.02. The van der Waals surface area contributed by atoms with Crippen LogP contribution in [-0.4, -0.2) is 28.1 Å². The van der Waals surface area contributed by atoms with Crippen molar-refractivity contribution >= 4 is 34.8 Å². The molecule has 3 rings (SSSR count). The number of ether oxygens (including phenoxy) is 1. The van der Waals surface area contributed by atoms with Crippen molar-refractivity contribution in [3.63, 3.8) is 0 Å². The van der Waals surface area contributed by atoms with Gasteiger partial charge in [0.15, 0.2) is 4.34 Å². The quantitative estimate of drug-likeness (QED) is 0.809. The van der Waals surface area contributed by atoms with Crippen LogP contribution in [0.1, 0.15) is 30.8 Å². The van der Waals surface area contributed by atoms with Crippen LogP contribution in [0.4, 0.5) is 10.5 Å². The molecule has 0 spiro atoms. The van der Waals surface area contributed by atoms with Crippen LogP contribution in [0.5, 0.6) is 5.75 Å². The molecule has 6 nitrogen and oxygen atoms in total. The van der Waals surface area contributed by atoms with E-state index in [-0.39, 0.29) is 11.6 Å². The Morgan fingerprint density at radius 1 is 1.42 bits per heavy atom. The lowest BCUT2D eigenvalue weighted by Gasteiger charge is -2.33. The van der Waals surface area contributed by atoms with E-state index in [4.69, 9.17) is 4.74 Å². The van der Waals surface area contributed by atoms with E-state index in [1.165, 1.54) is 11.3 Å². The SMILES string of the molecule is CSc1nnc(CNC(=O)Nc2cccc3c2OC(C)(C)CC3)s1. The van der Waals surface area contributed by atoms with Crippen LogP contribution in [-0.2, 0) is 13.0 Å². The highest BCUT2D eigenvalue weighted by atomic mass is 32.2. The second-order valence-electron chi connectivity index (χ2n) is 6.13. The second-order valence-corrected chi connectivity index (χ2v) is 8.24. The van der Waals surface area contributed by atoms with Crippen molar-refractivity contribution in [2.45, 2.75) is 43.2 Å². The lowest BCUT2D eigenvalue weighted by atomic mass is 9.94. The Labute approximate surface area is 149 Å². The molecule has 0 saturated carbocycles. The van der Waals surface area contributed by atoms with Crippen molar-refractivity contribution in [2.75, 3.05) is 11.6 Å². The van der Waals surface area contributed by atoms with Crippen LogP contribution in [0.15, 0.2) is 22.5 Å². The zero-order chi connectivity index (χ0) is 17.2. The molecule has 1 aliphatic heterocycles. The van der Waals surface area contributed by atoms with E-state index < -0.39 is 0 Å². The number of aryl methyl sites for hydroxylation is 1. The van der Waals surface area contributed by atoms with Crippen molar-refractivity contribution in [3.05, 3.63) is 28.8 Å². The second kappa shape index (κ2) is 6.98. The predicted molar refractivity (Wildman–Crippen MR) is 97.0 cm³/mol. The summed E-state index contributed by atoms with van der Waals surface area (Å²) in [6.45, 7) is 4.47. The Hall–Kier alpha value is -1.80. The monoisotopic (exact) mass is 364 g/mol. The minimum absolute atomic E-state index is 0.220. The number of carbonyl (C=O) groups excluding carboxylic acids is 1. The van der Waals surface area contributed by atoms with E-state index in [1.807, 2.05) is 24.5 Å². The Kier molecular flexibility index (Phi) is 4.96. The lowest BCUT2D eigenvalue weighted by Crippen LogP contribution is -2.34. The van der Waals surface area contributed by atoms with Gasteiger partial charge in [0.2, 0.25) is 0 Å². The average Bonchev–Trinajstić information content (AvgIpc) is 3.01. The molecule has 24 heavy (non-hydrogen) atoms. The van der Waals surface area contributed by atoms with Crippen molar-refractivity contribution in [1.29, 1.82) is 0 Å². The summed E-state index contributed by atoms with van der Waals surface area (Å²) in [5, 5.41) is 14.5. The maximum atomic E-state index is 12.2. The minimum Gasteiger partial charge on any atom is -0.485 e. The fraction of sp³-hybridized carbons (Fsp3) is 0.438. The van der Waals surface area contributed by atoms with Crippen molar-refractivity contribution in [2.24, 2.45) is 0 Å². The Bertz CT molecular complexity index is 745. The third kappa shape index (κ3) is 3.99. The number of nitrogens with zero attached hydrogens (tertiary/aromatic N) is 2. The maximum Gasteiger partial charge on any atom is 0.319 e. The third-order valence-electron chi connectivity index (χ3n) is 3.74. The molecule has 8 heteroatoms. The Morgan fingerprint density at radius 2 is 2.25 bits per heavy atom. The fourth-order valence-electron chi connectivity index (χ4n) is 2.48. The lowest BCUT2D eigenvalue weighted by molar-refractivity contribution is 0.0856. The molecule has 0 bridgehead atoms. The van der Waals surface area contributed by atoms with Crippen LogP contribution in [0.3, 0.4) is 0 Å². The number of para-hydroxylation sites is 1. The van der Waals surface area contributed by atoms with E-state index >= 15 is 0 Å². The molecule has 2 aromatic rings. The smallest absolute Gasteiger partial charge is 0.319 e. The molecule has 128 valence electrons. The van der Waals surface area contributed by atoms with Crippen LogP contribution >= 0.6 is 23.1 Å². The number of fused-ring (bicyclic) bond motifs is 1. The summed E-state index contributed by atoms with van der Waals surface area (Å²) < 4.78 is 6.96. The van der Waals surface area contributed by atoms with E-state index in [0.29, 0.717) is 12.2 Å². The molecule has 0 saturated heterocycles. The summed E-state index contributed by atoms with van der Waals surface area (Å²) in [5.41, 5.74) is 1.60. The van der Waals surface area contributed by atoms with E-state index in [1.54, 1.807) is 11.8 Å². The van der Waals surface area contributed by atoms with Crippen LogP contribution in [0, 0.1) is 0 Å². The molecule has 0 atom stereocenters. The summed E-state index contributed by atoms with van der Waals surface area (Å²) in [7, 11) is 0. The standard InChI is InChI=1S/C16H20N4O2S2/c1-16(2)8-7-10-5-4-6-11(13(10)22-16)18-14(21)17-9-12-19-20-15(23-3)24-12/h4-6H,7-9H2,1-3H3,(H2,17,18,21). The molecule has 2 N–H and O–H groups in total. The highest BCUT2D eigenvalue weighted by molar-refractivity contribution is 8.00. The summed E-state index contributed by atoms with van der Waals surface area (Å²) in [6, 6.07) is 5.55. The largest absolute Gasteiger partial charge is 0.485 e. The summed E-state index contributed by atoms with van der Waals surface area (Å²) in [6.07, 6.45) is 3.86. The van der Waals surface area contributed by atoms with Gasteiger partial charge in [0, 0.05) is 0 Å². The van der Waals surface area contributed by atoms with E-state index in [9.17, 15) is 4.79 Å².